The van der Waals surface area contributed by atoms with Crippen molar-refractivity contribution in [1.82, 2.24) is 9.05 Å². The third kappa shape index (κ3) is 7.00. The summed E-state index contributed by atoms with van der Waals surface area (Å²) in [5.74, 6) is 0. The van der Waals surface area contributed by atoms with E-state index in [4.69, 9.17) is 0 Å². The third-order valence-electron chi connectivity index (χ3n) is 16.9. The zero-order chi connectivity index (χ0) is 51.7. The lowest BCUT2D eigenvalue weighted by molar-refractivity contribution is 0.569. The molecule has 364 valence electrons. The molecule has 0 N–H and O–H groups in total. The quantitative estimate of drug-likeness (QED) is 0.156. The highest BCUT2D eigenvalue weighted by Crippen LogP contribution is 2.49. The number of aryl methyl sites for hydroxylation is 6. The molecule has 0 bridgehead atoms. The molecule has 2 aliphatic heterocycles. The Morgan fingerprint density at radius 1 is 0.347 bits per heavy atom. The van der Waals surface area contributed by atoms with Crippen LogP contribution in [0.4, 0.5) is 0 Å². The molecule has 12 aromatic rings. The summed E-state index contributed by atoms with van der Waals surface area (Å²) in [7, 11) is 0. The zero-order valence-corrected chi connectivity index (χ0v) is 45.6. The van der Waals surface area contributed by atoms with Gasteiger partial charge >= 0.3 is 6.85 Å². The first-order valence-corrected chi connectivity index (χ1v) is 27.1. The molecule has 75 heavy (non-hydrogen) atoms. The lowest BCUT2D eigenvalue weighted by Crippen LogP contribution is -2.55. The van der Waals surface area contributed by atoms with Crippen LogP contribution in [0.25, 0.3) is 116 Å². The Bertz CT molecular complexity index is 4410. The molecule has 2 nitrogen and oxygen atoms in total. The van der Waals surface area contributed by atoms with Crippen molar-refractivity contribution in [2.45, 2.75) is 93.9 Å². The van der Waals surface area contributed by atoms with Crippen molar-refractivity contribution in [1.29, 1.82) is 0 Å². The molecule has 0 radical (unpaired) electrons. The van der Waals surface area contributed by atoms with E-state index in [1.807, 2.05) is 0 Å². The van der Waals surface area contributed by atoms with Crippen molar-refractivity contribution in [3.63, 3.8) is 0 Å². The van der Waals surface area contributed by atoms with E-state index in [1.54, 1.807) is 0 Å². The maximum Gasteiger partial charge on any atom is 0.333 e. The maximum absolute atomic E-state index is 2.76. The van der Waals surface area contributed by atoms with Crippen LogP contribution in [0.2, 0.25) is 0 Å². The highest BCUT2D eigenvalue weighted by atomic mass is 15.0. The Morgan fingerprint density at radius 3 is 1.44 bits per heavy atom. The van der Waals surface area contributed by atoms with Gasteiger partial charge in [0.2, 0.25) is 0 Å². The topological polar surface area (TPSA) is 9.86 Å². The van der Waals surface area contributed by atoms with Gasteiger partial charge in [-0.25, -0.2) is 0 Å². The van der Waals surface area contributed by atoms with Gasteiger partial charge in [0, 0.05) is 49.2 Å². The fourth-order valence-electron chi connectivity index (χ4n) is 13.6. The smallest absolute Gasteiger partial charge is 0.333 e. The Labute approximate surface area is 442 Å². The molecule has 0 aliphatic carbocycles. The van der Waals surface area contributed by atoms with Gasteiger partial charge in [0.1, 0.15) is 0 Å². The number of hydrogen-bond donors (Lipinski definition) is 0. The van der Waals surface area contributed by atoms with Crippen molar-refractivity contribution in [2.75, 3.05) is 0 Å². The van der Waals surface area contributed by atoms with E-state index in [-0.39, 0.29) is 17.7 Å². The van der Waals surface area contributed by atoms with Gasteiger partial charge in [-0.2, -0.15) is 0 Å². The van der Waals surface area contributed by atoms with E-state index in [9.17, 15) is 0 Å². The van der Waals surface area contributed by atoms with Crippen molar-refractivity contribution in [3.8, 4) is 61.3 Å². The Hall–Kier alpha value is -7.88. The predicted molar refractivity (Wildman–Crippen MR) is 325 cm³/mol. The van der Waals surface area contributed by atoms with Crippen LogP contribution in [0.3, 0.4) is 0 Å². The molecule has 0 amide bonds. The highest BCUT2D eigenvalue weighted by Gasteiger charge is 2.43. The number of fused-ring (bicyclic) bond motifs is 12. The van der Waals surface area contributed by atoms with Gasteiger partial charge in [-0.15, -0.1) is 0 Å². The molecule has 10 aromatic carbocycles. The van der Waals surface area contributed by atoms with Crippen LogP contribution in [0.5, 0.6) is 0 Å². The number of aromatic nitrogens is 2. The fraction of sp³-hybridized carbons (Fsp3) is 0.194. The van der Waals surface area contributed by atoms with Gasteiger partial charge < -0.3 is 9.05 Å². The lowest BCUT2D eigenvalue weighted by Gasteiger charge is -2.35. The standard InChI is InChI=1S/C72H63BN2/c1-40-21-41(2)25-48(24-40)47-18-20-65-59(32-47)62-34-52(49-26-42(3)22-43(4)27-49)35-63-60-33-54(51-30-55(71(7,8)9)39-56(31-51)72(10,11)12)38-66-67(60)73(75(65)69(62)63)64-37-53(50-28-44(5)23-45(6)29-50)36-61-58-19-17-46-15-13-14-16-57(46)68(58)74(66)70(61)64/h13-39H,1-12H3. The van der Waals surface area contributed by atoms with Crippen LogP contribution >= 0.6 is 0 Å². The fourth-order valence-corrected chi connectivity index (χ4v) is 13.6. The summed E-state index contributed by atoms with van der Waals surface area (Å²) in [6.07, 6.45) is 0. The van der Waals surface area contributed by atoms with Crippen LogP contribution in [0.1, 0.15) is 86.1 Å². The van der Waals surface area contributed by atoms with Crippen molar-refractivity contribution in [3.05, 3.63) is 208 Å². The number of hydrogen-bond acceptors (Lipinski definition) is 0. The van der Waals surface area contributed by atoms with E-state index in [2.05, 4.69) is 256 Å². The van der Waals surface area contributed by atoms with E-state index in [1.165, 1.54) is 171 Å². The van der Waals surface area contributed by atoms with Crippen molar-refractivity contribution >= 4 is 72.2 Å². The van der Waals surface area contributed by atoms with Gasteiger partial charge in [-0.05, 0) is 172 Å². The minimum Gasteiger partial charge on any atom is -0.375 e. The molecule has 3 heteroatoms. The Balaban J connectivity index is 1.20. The SMILES string of the molecule is Cc1cc(C)cc(-c2ccc3c(c2)c2cc(-c4cc(C)cc(C)c4)cc4c2n3B2c3c-4cc(-c4cc(C(C)(C)C)cc(C(C)(C)C)c4)cc3-n3c4c2cc(-c2cc(C)cc(C)c2)cc4c2ccc4ccccc4c23)c1. The summed E-state index contributed by atoms with van der Waals surface area (Å²) in [5, 5.41) is 7.69. The van der Waals surface area contributed by atoms with Crippen LogP contribution in [0, 0.1) is 41.5 Å². The molecule has 14 rings (SSSR count). The van der Waals surface area contributed by atoms with E-state index in [0.29, 0.717) is 0 Å². The monoisotopic (exact) mass is 967 g/mol. The number of benzene rings is 10. The highest BCUT2D eigenvalue weighted by molar-refractivity contribution is 6.90. The summed E-state index contributed by atoms with van der Waals surface area (Å²) in [6.45, 7) is 27.4. The average Bonchev–Trinajstić information content (AvgIpc) is 3.88. The van der Waals surface area contributed by atoms with E-state index >= 15 is 0 Å². The maximum atomic E-state index is 2.76. The molecular weight excluding hydrogens is 904 g/mol. The van der Waals surface area contributed by atoms with Crippen molar-refractivity contribution < 1.29 is 0 Å². The molecule has 0 spiro atoms. The molecular formula is C72H63BN2. The second kappa shape index (κ2) is 15.8. The molecule has 0 saturated heterocycles. The molecule has 2 aliphatic rings. The zero-order valence-electron chi connectivity index (χ0n) is 45.6. The van der Waals surface area contributed by atoms with Gasteiger partial charge in [-0.1, -0.05) is 196 Å². The average molecular weight is 967 g/mol. The molecule has 4 heterocycles. The summed E-state index contributed by atoms with van der Waals surface area (Å²) in [6, 6.07) is 64.9. The molecule has 2 aromatic heterocycles. The summed E-state index contributed by atoms with van der Waals surface area (Å²) in [4.78, 5) is 0. The van der Waals surface area contributed by atoms with E-state index < -0.39 is 0 Å². The molecule has 0 saturated carbocycles. The minimum atomic E-state index is -0.113. The molecule has 0 atom stereocenters. The normalized spacial score (nSPS) is 13.0. The largest absolute Gasteiger partial charge is 0.375 e. The molecule has 0 fully saturated rings. The summed E-state index contributed by atoms with van der Waals surface area (Å²) < 4.78 is 5.46. The van der Waals surface area contributed by atoms with Crippen LogP contribution in [0.15, 0.2) is 164 Å². The number of rotatable bonds is 4. The van der Waals surface area contributed by atoms with Gasteiger partial charge in [0.25, 0.3) is 0 Å². The first-order valence-electron chi connectivity index (χ1n) is 27.1. The van der Waals surface area contributed by atoms with E-state index in [0.717, 1.165) is 0 Å². The van der Waals surface area contributed by atoms with Crippen molar-refractivity contribution in [2.24, 2.45) is 0 Å². The second-order valence-electron chi connectivity index (χ2n) is 24.8. The Morgan fingerprint density at radius 2 is 0.840 bits per heavy atom. The van der Waals surface area contributed by atoms with Gasteiger partial charge in [0.05, 0.1) is 11.0 Å². The van der Waals surface area contributed by atoms with Gasteiger partial charge in [0.15, 0.2) is 0 Å². The summed E-state index contributed by atoms with van der Waals surface area (Å²) >= 11 is 0. The van der Waals surface area contributed by atoms with Crippen LogP contribution < -0.4 is 10.9 Å². The lowest BCUT2D eigenvalue weighted by atomic mass is 9.45. The van der Waals surface area contributed by atoms with Crippen LogP contribution in [-0.2, 0) is 10.8 Å². The van der Waals surface area contributed by atoms with Crippen LogP contribution in [-0.4, -0.2) is 15.9 Å². The number of nitrogens with zero attached hydrogens (tertiary/aromatic N) is 2. The third-order valence-corrected chi connectivity index (χ3v) is 16.9. The first kappa shape index (κ1) is 45.7. The first-order chi connectivity index (χ1) is 35.8. The molecule has 0 unspecified atom stereocenters. The Kier molecular flexibility index (Phi) is 9.65. The summed E-state index contributed by atoms with van der Waals surface area (Å²) in [5.41, 5.74) is 32.0. The minimum absolute atomic E-state index is 0.0405. The second-order valence-corrected chi connectivity index (χ2v) is 24.8. The van der Waals surface area contributed by atoms with Gasteiger partial charge in [-0.3, -0.25) is 0 Å². The predicted octanol–water partition coefficient (Wildman–Crippen LogP) is 18.1.